The van der Waals surface area contributed by atoms with Crippen LogP contribution >= 0.6 is 24.0 Å². The number of benzene rings is 2. The van der Waals surface area contributed by atoms with Crippen LogP contribution in [0.4, 0.5) is 5.69 Å². The number of carbonyl (C=O) groups excluding carboxylic acids is 2. The van der Waals surface area contributed by atoms with Crippen molar-refractivity contribution in [2.45, 2.75) is 25.4 Å². The molecule has 0 radical (unpaired) electrons. The van der Waals surface area contributed by atoms with Crippen molar-refractivity contribution < 1.29 is 19.1 Å². The highest BCUT2D eigenvalue weighted by Gasteiger charge is 2.49. The first-order chi connectivity index (χ1) is 16.0. The lowest BCUT2D eigenvalue weighted by molar-refractivity contribution is -0.146. The molecule has 4 rings (SSSR count). The highest BCUT2D eigenvalue weighted by Crippen LogP contribution is 2.43. The number of anilines is 1. The van der Waals surface area contributed by atoms with Crippen molar-refractivity contribution in [2.24, 2.45) is 5.41 Å². The number of hydrazine groups is 1. The summed E-state index contributed by atoms with van der Waals surface area (Å²) >= 11 is 7.06. The molecule has 1 saturated heterocycles. The normalized spacial score (nSPS) is 20.8. The van der Waals surface area contributed by atoms with Crippen LogP contribution in [0, 0.1) is 5.41 Å². The van der Waals surface area contributed by atoms with E-state index in [1.165, 1.54) is 11.8 Å². The van der Waals surface area contributed by atoms with Gasteiger partial charge in [-0.15, -0.1) is 0 Å². The van der Waals surface area contributed by atoms with Crippen LogP contribution in [0.2, 0.25) is 0 Å². The number of hydrogen-bond donors (Lipinski definition) is 0. The summed E-state index contributed by atoms with van der Waals surface area (Å²) in [5, 5.41) is 3.39. The second-order valence-corrected chi connectivity index (χ2v) is 9.49. The molecule has 6 nitrogen and oxygen atoms in total. The molecule has 172 valence electrons. The van der Waals surface area contributed by atoms with E-state index in [4.69, 9.17) is 21.7 Å². The Labute approximate surface area is 203 Å². The average molecular weight is 483 g/mol. The van der Waals surface area contributed by atoms with Gasteiger partial charge >= 0.3 is 5.97 Å². The van der Waals surface area contributed by atoms with Crippen LogP contribution in [0.3, 0.4) is 0 Å². The first-order valence-electron chi connectivity index (χ1n) is 10.7. The van der Waals surface area contributed by atoms with Crippen LogP contribution in [-0.4, -0.2) is 47.2 Å². The number of fused-ring (bicyclic) bond motifs is 2. The maximum absolute atomic E-state index is 13.8. The minimum absolute atomic E-state index is 0.0780. The molecule has 2 aromatic carbocycles. The van der Waals surface area contributed by atoms with E-state index in [1.54, 1.807) is 41.4 Å². The fraction of sp³-hybridized carbons (Fsp3) is 0.320. The van der Waals surface area contributed by atoms with Crippen molar-refractivity contribution in [3.8, 4) is 5.75 Å². The van der Waals surface area contributed by atoms with E-state index in [2.05, 4.69) is 0 Å². The zero-order valence-electron chi connectivity index (χ0n) is 18.6. The predicted molar refractivity (Wildman–Crippen MR) is 134 cm³/mol. The number of hydrogen-bond acceptors (Lipinski definition) is 6. The summed E-state index contributed by atoms with van der Waals surface area (Å²) in [6.45, 7) is 0.298. The summed E-state index contributed by atoms with van der Waals surface area (Å²) in [5.41, 5.74) is 0.580. The molecule has 1 aliphatic carbocycles. The molecule has 1 amide bonds. The Morgan fingerprint density at radius 1 is 1.21 bits per heavy atom. The minimum Gasteiger partial charge on any atom is -0.497 e. The standard InChI is InChI=1S/C25H26N2O4S2/c1-30-20-12-10-18(11-13-20)22(28)26(27(24(32)33-2)19-7-4-3-5-8-19)16-15-25-14-6-9-21(17-25)31-23(25)29/h3-8,10-14,21H,9,15-17H2,1-2H3/t21-,25-/m1/s1. The zero-order chi connectivity index (χ0) is 23.4. The molecule has 1 heterocycles. The number of para-hydroxylation sites is 1. The fourth-order valence-corrected chi connectivity index (χ4v) is 4.86. The first kappa shape index (κ1) is 23.3. The van der Waals surface area contributed by atoms with E-state index in [0.717, 1.165) is 12.1 Å². The van der Waals surface area contributed by atoms with Gasteiger partial charge in [0.25, 0.3) is 5.91 Å². The van der Waals surface area contributed by atoms with Crippen molar-refractivity contribution in [1.82, 2.24) is 5.01 Å². The SMILES string of the molecule is COc1ccc(C(=O)N(CC[C@]23C=CC[C@H](C2)OC3=O)N(C(=S)SC)c2ccccc2)cc1. The number of nitrogens with zero attached hydrogens (tertiary/aromatic N) is 2. The maximum atomic E-state index is 13.8. The molecule has 8 heteroatoms. The Morgan fingerprint density at radius 2 is 1.94 bits per heavy atom. The van der Waals surface area contributed by atoms with E-state index in [9.17, 15) is 9.59 Å². The third kappa shape index (κ3) is 4.77. The molecule has 0 N–H and O–H groups in total. The van der Waals surface area contributed by atoms with Gasteiger partial charge in [-0.2, -0.15) is 0 Å². The molecule has 0 saturated carbocycles. The van der Waals surface area contributed by atoms with Gasteiger partial charge in [0.15, 0.2) is 4.32 Å². The molecular formula is C25H26N2O4S2. The number of ether oxygens (including phenoxy) is 2. The van der Waals surface area contributed by atoms with E-state index >= 15 is 0 Å². The van der Waals surface area contributed by atoms with Crippen molar-refractivity contribution in [1.29, 1.82) is 0 Å². The first-order valence-corrected chi connectivity index (χ1v) is 12.4. The Balaban J connectivity index is 1.69. The minimum atomic E-state index is -0.704. The number of amides is 1. The lowest BCUT2D eigenvalue weighted by Gasteiger charge is -2.37. The van der Waals surface area contributed by atoms with Crippen molar-refractivity contribution in [2.75, 3.05) is 24.9 Å². The van der Waals surface area contributed by atoms with Crippen LogP contribution in [0.5, 0.6) is 5.75 Å². The van der Waals surface area contributed by atoms with Gasteiger partial charge in [-0.1, -0.05) is 54.3 Å². The molecule has 2 aliphatic rings. The Morgan fingerprint density at radius 3 is 2.61 bits per heavy atom. The summed E-state index contributed by atoms with van der Waals surface area (Å²) in [6.07, 6.45) is 7.60. The van der Waals surface area contributed by atoms with Crippen LogP contribution in [0.1, 0.15) is 29.6 Å². The highest BCUT2D eigenvalue weighted by molar-refractivity contribution is 8.22. The zero-order valence-corrected chi connectivity index (χ0v) is 20.2. The van der Waals surface area contributed by atoms with Gasteiger partial charge in [0.05, 0.1) is 18.2 Å². The molecule has 0 spiro atoms. The van der Waals surface area contributed by atoms with Crippen LogP contribution < -0.4 is 9.75 Å². The lowest BCUT2D eigenvalue weighted by Crippen LogP contribution is -2.50. The van der Waals surface area contributed by atoms with Gasteiger partial charge in [-0.3, -0.25) is 9.59 Å². The maximum Gasteiger partial charge on any atom is 0.316 e. The quantitative estimate of drug-likeness (QED) is 0.252. The summed E-state index contributed by atoms with van der Waals surface area (Å²) < 4.78 is 11.3. The van der Waals surface area contributed by atoms with Crippen LogP contribution in [0.25, 0.3) is 0 Å². The largest absolute Gasteiger partial charge is 0.497 e. The summed E-state index contributed by atoms with van der Waals surface area (Å²) in [7, 11) is 1.59. The molecule has 2 bridgehead atoms. The Bertz CT molecular complexity index is 1060. The average Bonchev–Trinajstić information content (AvgIpc) is 3.08. The Kier molecular flexibility index (Phi) is 7.05. The van der Waals surface area contributed by atoms with Gasteiger partial charge in [-0.25, -0.2) is 10.0 Å². The van der Waals surface area contributed by atoms with Gasteiger partial charge in [-0.05, 0) is 49.1 Å². The topological polar surface area (TPSA) is 59.1 Å². The van der Waals surface area contributed by atoms with E-state index in [1.807, 2.05) is 48.7 Å². The summed E-state index contributed by atoms with van der Waals surface area (Å²) in [6, 6.07) is 16.5. The molecule has 2 aromatic rings. The fourth-order valence-electron chi connectivity index (χ4n) is 4.28. The molecule has 2 atom stereocenters. The molecular weight excluding hydrogens is 456 g/mol. The van der Waals surface area contributed by atoms with Gasteiger partial charge in [0, 0.05) is 24.9 Å². The number of esters is 1. The smallest absolute Gasteiger partial charge is 0.316 e. The van der Waals surface area contributed by atoms with Crippen molar-refractivity contribution in [3.05, 3.63) is 72.3 Å². The van der Waals surface area contributed by atoms with Gasteiger partial charge in [0.2, 0.25) is 0 Å². The van der Waals surface area contributed by atoms with Crippen LogP contribution in [0.15, 0.2) is 66.7 Å². The number of carbonyl (C=O) groups is 2. The number of thioether (sulfide) groups is 1. The lowest BCUT2D eigenvalue weighted by atomic mass is 9.77. The molecule has 33 heavy (non-hydrogen) atoms. The van der Waals surface area contributed by atoms with E-state index < -0.39 is 5.41 Å². The predicted octanol–water partition coefficient (Wildman–Crippen LogP) is 4.86. The summed E-state index contributed by atoms with van der Waals surface area (Å²) in [5.74, 6) is 0.248. The number of methoxy groups -OCH3 is 1. The molecule has 1 fully saturated rings. The second-order valence-electron chi connectivity index (χ2n) is 8.05. The molecule has 0 aromatic heterocycles. The molecule has 0 unspecified atom stereocenters. The van der Waals surface area contributed by atoms with E-state index in [-0.39, 0.29) is 18.0 Å². The summed E-state index contributed by atoms with van der Waals surface area (Å²) in [4.78, 5) is 26.5. The van der Waals surface area contributed by atoms with Crippen LogP contribution in [-0.2, 0) is 9.53 Å². The highest BCUT2D eigenvalue weighted by atomic mass is 32.2. The van der Waals surface area contributed by atoms with Gasteiger partial charge < -0.3 is 9.47 Å². The van der Waals surface area contributed by atoms with Gasteiger partial charge in [0.1, 0.15) is 11.9 Å². The Hall–Kier alpha value is -2.84. The third-order valence-electron chi connectivity index (χ3n) is 6.04. The monoisotopic (exact) mass is 482 g/mol. The second kappa shape index (κ2) is 9.97. The van der Waals surface area contributed by atoms with Crippen molar-refractivity contribution >= 4 is 45.9 Å². The van der Waals surface area contributed by atoms with Crippen molar-refractivity contribution in [3.63, 3.8) is 0 Å². The third-order valence-corrected chi connectivity index (χ3v) is 7.23. The molecule has 1 aliphatic heterocycles. The van der Waals surface area contributed by atoms with E-state index in [0.29, 0.717) is 35.0 Å². The number of thiocarbonyl (C=S) groups is 1. The number of rotatable bonds is 6.